The summed E-state index contributed by atoms with van der Waals surface area (Å²) in [5.41, 5.74) is 0.831. The Balaban J connectivity index is 2.13. The Morgan fingerprint density at radius 1 is 1.03 bits per heavy atom. The standard InChI is InChI=1S/C25H33F2N3O4S/c1-4-5-15-28-25(32)19(2)29(18-20-10-7-6-8-11-20)24(31)12-9-16-30(35(3,33)34)21-13-14-22(26)23(27)17-21/h6-8,10-11,13-14,17,19H,4-5,9,12,15-16,18H2,1-3H3,(H,28,32)/t19-/m0/s1. The number of nitrogens with one attached hydrogen (secondary N) is 1. The van der Waals surface area contributed by atoms with Crippen molar-refractivity contribution in [3.05, 3.63) is 65.7 Å². The topological polar surface area (TPSA) is 86.8 Å². The summed E-state index contributed by atoms with van der Waals surface area (Å²) >= 11 is 0. The van der Waals surface area contributed by atoms with Crippen LogP contribution in [0.15, 0.2) is 48.5 Å². The van der Waals surface area contributed by atoms with Gasteiger partial charge in [-0.05, 0) is 37.5 Å². The number of rotatable bonds is 13. The van der Waals surface area contributed by atoms with Crippen molar-refractivity contribution >= 4 is 27.5 Å². The SMILES string of the molecule is CCCCNC(=O)[C@H](C)N(Cc1ccccc1)C(=O)CCCN(c1ccc(F)c(F)c1)S(C)(=O)=O. The van der Waals surface area contributed by atoms with E-state index < -0.39 is 27.7 Å². The van der Waals surface area contributed by atoms with E-state index in [1.165, 1.54) is 11.0 Å². The first kappa shape index (κ1) is 28.2. The molecule has 192 valence electrons. The molecule has 2 rings (SSSR count). The van der Waals surface area contributed by atoms with Gasteiger partial charge in [0.25, 0.3) is 0 Å². The quantitative estimate of drug-likeness (QED) is 0.416. The van der Waals surface area contributed by atoms with Crippen molar-refractivity contribution in [2.75, 3.05) is 23.7 Å². The molecular weight excluding hydrogens is 476 g/mol. The summed E-state index contributed by atoms with van der Waals surface area (Å²) in [5.74, 6) is -2.82. The summed E-state index contributed by atoms with van der Waals surface area (Å²) in [6.07, 6.45) is 2.81. The van der Waals surface area contributed by atoms with Crippen LogP contribution in [0.4, 0.5) is 14.5 Å². The third-order valence-corrected chi connectivity index (χ3v) is 6.73. The summed E-state index contributed by atoms with van der Waals surface area (Å²) < 4.78 is 52.4. The van der Waals surface area contributed by atoms with Crippen LogP contribution < -0.4 is 9.62 Å². The molecule has 0 saturated heterocycles. The van der Waals surface area contributed by atoms with E-state index >= 15 is 0 Å². The molecular formula is C25H33F2N3O4S. The van der Waals surface area contributed by atoms with E-state index in [0.29, 0.717) is 6.54 Å². The predicted molar refractivity (Wildman–Crippen MR) is 132 cm³/mol. The molecule has 0 aromatic heterocycles. The molecule has 10 heteroatoms. The lowest BCUT2D eigenvalue weighted by Gasteiger charge is -2.29. The van der Waals surface area contributed by atoms with Crippen LogP contribution in [0, 0.1) is 11.6 Å². The van der Waals surface area contributed by atoms with Gasteiger partial charge in [0.15, 0.2) is 11.6 Å². The van der Waals surface area contributed by atoms with Crippen LogP contribution in [0.1, 0.15) is 45.1 Å². The van der Waals surface area contributed by atoms with Gasteiger partial charge in [-0.25, -0.2) is 17.2 Å². The maximum atomic E-state index is 13.7. The van der Waals surface area contributed by atoms with Gasteiger partial charge in [0.2, 0.25) is 21.8 Å². The highest BCUT2D eigenvalue weighted by molar-refractivity contribution is 7.92. The van der Waals surface area contributed by atoms with Gasteiger partial charge in [0.1, 0.15) is 6.04 Å². The van der Waals surface area contributed by atoms with Crippen molar-refractivity contribution in [3.8, 4) is 0 Å². The number of carbonyl (C=O) groups is 2. The van der Waals surface area contributed by atoms with Gasteiger partial charge in [0, 0.05) is 32.1 Å². The number of benzene rings is 2. The molecule has 0 aliphatic carbocycles. The van der Waals surface area contributed by atoms with Crippen LogP contribution >= 0.6 is 0 Å². The number of amides is 2. The van der Waals surface area contributed by atoms with E-state index in [2.05, 4.69) is 5.32 Å². The summed E-state index contributed by atoms with van der Waals surface area (Å²) in [6, 6.07) is 11.4. The molecule has 1 atom stereocenters. The van der Waals surface area contributed by atoms with Crippen LogP contribution in [0.2, 0.25) is 0 Å². The minimum Gasteiger partial charge on any atom is -0.354 e. The van der Waals surface area contributed by atoms with Crippen LogP contribution in [-0.4, -0.2) is 50.5 Å². The zero-order valence-corrected chi connectivity index (χ0v) is 21.2. The molecule has 0 aliphatic heterocycles. The summed E-state index contributed by atoms with van der Waals surface area (Å²) in [7, 11) is -3.80. The number of unbranched alkanes of at least 4 members (excludes halogenated alkanes) is 1. The molecule has 0 fully saturated rings. The van der Waals surface area contributed by atoms with Crippen molar-refractivity contribution in [1.29, 1.82) is 0 Å². The molecule has 0 radical (unpaired) electrons. The summed E-state index contributed by atoms with van der Waals surface area (Å²) in [6.45, 7) is 4.31. The van der Waals surface area contributed by atoms with Crippen LogP contribution in [-0.2, 0) is 26.2 Å². The number of nitrogens with zero attached hydrogens (tertiary/aromatic N) is 2. The lowest BCUT2D eigenvalue weighted by atomic mass is 10.1. The molecule has 2 aromatic rings. The monoisotopic (exact) mass is 509 g/mol. The molecule has 1 N–H and O–H groups in total. The fourth-order valence-electron chi connectivity index (χ4n) is 3.54. The highest BCUT2D eigenvalue weighted by atomic mass is 32.2. The highest BCUT2D eigenvalue weighted by Crippen LogP contribution is 2.21. The summed E-state index contributed by atoms with van der Waals surface area (Å²) in [5, 5.41) is 2.84. The Morgan fingerprint density at radius 2 is 1.71 bits per heavy atom. The average molecular weight is 510 g/mol. The second-order valence-corrected chi connectivity index (χ2v) is 10.3. The maximum absolute atomic E-state index is 13.7. The normalized spacial score (nSPS) is 12.1. The molecule has 0 saturated carbocycles. The average Bonchev–Trinajstić information content (AvgIpc) is 2.81. The largest absolute Gasteiger partial charge is 0.354 e. The second kappa shape index (κ2) is 13.2. The lowest BCUT2D eigenvalue weighted by molar-refractivity contribution is -0.140. The molecule has 2 amide bonds. The van der Waals surface area contributed by atoms with Gasteiger partial charge in [-0.1, -0.05) is 43.7 Å². The van der Waals surface area contributed by atoms with Crippen LogP contribution in [0.3, 0.4) is 0 Å². The van der Waals surface area contributed by atoms with E-state index in [9.17, 15) is 26.8 Å². The van der Waals surface area contributed by atoms with E-state index in [-0.39, 0.29) is 43.4 Å². The predicted octanol–water partition coefficient (Wildman–Crippen LogP) is 3.84. The van der Waals surface area contributed by atoms with E-state index in [4.69, 9.17) is 0 Å². The minimum absolute atomic E-state index is 0.0244. The van der Waals surface area contributed by atoms with Gasteiger partial charge < -0.3 is 10.2 Å². The van der Waals surface area contributed by atoms with Gasteiger partial charge in [-0.15, -0.1) is 0 Å². The number of carbonyl (C=O) groups excluding carboxylic acids is 2. The third kappa shape index (κ3) is 8.61. The molecule has 0 spiro atoms. The highest BCUT2D eigenvalue weighted by Gasteiger charge is 2.26. The Hall–Kier alpha value is -3.01. The number of anilines is 1. The molecule has 2 aromatic carbocycles. The minimum atomic E-state index is -3.80. The molecule has 0 unspecified atom stereocenters. The number of sulfonamides is 1. The van der Waals surface area contributed by atoms with Crippen molar-refractivity contribution in [2.24, 2.45) is 0 Å². The first-order valence-corrected chi connectivity index (χ1v) is 13.4. The third-order valence-electron chi connectivity index (χ3n) is 5.54. The van der Waals surface area contributed by atoms with Crippen molar-refractivity contribution in [2.45, 2.75) is 52.1 Å². The first-order valence-electron chi connectivity index (χ1n) is 11.6. The van der Waals surface area contributed by atoms with E-state index in [1.807, 2.05) is 37.3 Å². The molecule has 35 heavy (non-hydrogen) atoms. The fourth-order valence-corrected chi connectivity index (χ4v) is 4.50. The van der Waals surface area contributed by atoms with Gasteiger partial charge in [-0.2, -0.15) is 0 Å². The van der Waals surface area contributed by atoms with E-state index in [0.717, 1.165) is 41.1 Å². The maximum Gasteiger partial charge on any atom is 0.242 e. The molecule has 7 nitrogen and oxygen atoms in total. The second-order valence-electron chi connectivity index (χ2n) is 8.36. The molecule has 0 aliphatic rings. The van der Waals surface area contributed by atoms with Gasteiger partial charge >= 0.3 is 0 Å². The van der Waals surface area contributed by atoms with Gasteiger partial charge in [-0.3, -0.25) is 13.9 Å². The Morgan fingerprint density at radius 3 is 2.31 bits per heavy atom. The Bertz CT molecular complexity index is 1100. The van der Waals surface area contributed by atoms with Crippen molar-refractivity contribution in [3.63, 3.8) is 0 Å². The lowest BCUT2D eigenvalue weighted by Crippen LogP contribution is -2.47. The number of hydrogen-bond donors (Lipinski definition) is 1. The first-order chi connectivity index (χ1) is 16.5. The molecule has 0 bridgehead atoms. The molecule has 0 heterocycles. The zero-order valence-electron chi connectivity index (χ0n) is 20.3. The Labute approximate surface area is 206 Å². The van der Waals surface area contributed by atoms with Crippen molar-refractivity contribution in [1.82, 2.24) is 10.2 Å². The van der Waals surface area contributed by atoms with Crippen LogP contribution in [0.5, 0.6) is 0 Å². The smallest absolute Gasteiger partial charge is 0.242 e. The van der Waals surface area contributed by atoms with Crippen molar-refractivity contribution < 1.29 is 26.8 Å². The fraction of sp³-hybridized carbons (Fsp3) is 0.440. The zero-order chi connectivity index (χ0) is 26.0. The van der Waals surface area contributed by atoms with Crippen LogP contribution in [0.25, 0.3) is 0 Å². The summed E-state index contributed by atoms with van der Waals surface area (Å²) in [4.78, 5) is 27.3. The number of hydrogen-bond acceptors (Lipinski definition) is 4. The van der Waals surface area contributed by atoms with E-state index in [1.54, 1.807) is 6.92 Å². The van der Waals surface area contributed by atoms with Gasteiger partial charge in [0.05, 0.1) is 11.9 Å². The number of halogens is 2. The Kier molecular flexibility index (Phi) is 10.6.